The van der Waals surface area contributed by atoms with E-state index in [0.29, 0.717) is 20.6 Å². The molecule has 168 valence electrons. The summed E-state index contributed by atoms with van der Waals surface area (Å²) in [5, 5.41) is 16.8. The molecule has 12 heteroatoms. The molecule has 1 amide bonds. The smallest absolute Gasteiger partial charge is 0.248 e. The van der Waals surface area contributed by atoms with E-state index in [1.807, 2.05) is 0 Å². The number of nitrogens with two attached hydrogens (primary N) is 2. The Morgan fingerprint density at radius 2 is 2.16 bits per heavy atom. The van der Waals surface area contributed by atoms with Gasteiger partial charge in [0.25, 0.3) is 0 Å². The molecule has 2 unspecified atom stereocenters. The number of alkyl halides is 2. The topological polar surface area (TPSA) is 130 Å². The molecule has 31 heavy (non-hydrogen) atoms. The molecular formula is C19H23ClF2N6O2S. The van der Waals surface area contributed by atoms with Crippen molar-refractivity contribution in [1.29, 1.82) is 0 Å². The number of carbonyl (C=O) groups is 1. The highest BCUT2D eigenvalue weighted by atomic mass is 35.5. The third-order valence-electron chi connectivity index (χ3n) is 5.03. The van der Waals surface area contributed by atoms with Crippen LogP contribution in [0.25, 0.3) is 0 Å². The normalized spacial score (nSPS) is 19.3. The Kier molecular flexibility index (Phi) is 7.42. The van der Waals surface area contributed by atoms with Crippen molar-refractivity contribution in [2.45, 2.75) is 31.1 Å². The Morgan fingerprint density at radius 3 is 2.71 bits per heavy atom. The number of aliphatic hydroxyl groups excluding tert-OH is 1. The number of amidine groups is 1. The van der Waals surface area contributed by atoms with Gasteiger partial charge in [0.15, 0.2) is 11.0 Å². The molecule has 2 atom stereocenters. The number of nitrogens with one attached hydrogen (secondary N) is 1. The summed E-state index contributed by atoms with van der Waals surface area (Å²) >= 11 is 6.96. The molecule has 0 bridgehead atoms. The van der Waals surface area contributed by atoms with E-state index in [2.05, 4.69) is 15.4 Å². The zero-order valence-corrected chi connectivity index (χ0v) is 18.0. The SMILES string of the molecule is N/C(=N\N(N)CCO)c1ccc(C(C(=O)Nc2ncc(Cl)s2)C2CCC(F)(F)C2)cc1. The molecule has 0 aliphatic heterocycles. The maximum absolute atomic E-state index is 13.9. The van der Waals surface area contributed by atoms with Crippen molar-refractivity contribution in [3.8, 4) is 0 Å². The highest BCUT2D eigenvalue weighted by Gasteiger charge is 2.45. The van der Waals surface area contributed by atoms with Gasteiger partial charge in [0, 0.05) is 18.4 Å². The highest BCUT2D eigenvalue weighted by Crippen LogP contribution is 2.46. The van der Waals surface area contributed by atoms with E-state index >= 15 is 0 Å². The summed E-state index contributed by atoms with van der Waals surface area (Å²) in [4.78, 5) is 17.0. The number of halogens is 3. The molecule has 1 aliphatic carbocycles. The molecule has 1 saturated carbocycles. The minimum atomic E-state index is -2.79. The van der Waals surface area contributed by atoms with Crippen LogP contribution in [-0.4, -0.2) is 46.0 Å². The van der Waals surface area contributed by atoms with Gasteiger partial charge in [0.05, 0.1) is 25.3 Å². The maximum atomic E-state index is 13.9. The van der Waals surface area contributed by atoms with Gasteiger partial charge in [0.2, 0.25) is 11.8 Å². The van der Waals surface area contributed by atoms with Crippen LogP contribution in [0.1, 0.15) is 36.3 Å². The molecule has 1 heterocycles. The van der Waals surface area contributed by atoms with E-state index < -0.39 is 23.7 Å². The van der Waals surface area contributed by atoms with Gasteiger partial charge in [-0.2, -0.15) is 0 Å². The molecule has 0 spiro atoms. The first-order valence-corrected chi connectivity index (χ1v) is 10.8. The van der Waals surface area contributed by atoms with Crippen LogP contribution in [0.5, 0.6) is 0 Å². The van der Waals surface area contributed by atoms with Gasteiger partial charge in [-0.25, -0.2) is 24.7 Å². The van der Waals surface area contributed by atoms with Crippen molar-refractivity contribution in [2.75, 3.05) is 18.5 Å². The van der Waals surface area contributed by atoms with Crippen LogP contribution in [0.4, 0.5) is 13.9 Å². The van der Waals surface area contributed by atoms with Gasteiger partial charge in [-0.3, -0.25) is 4.79 Å². The monoisotopic (exact) mass is 472 g/mol. The minimum absolute atomic E-state index is 0.109. The summed E-state index contributed by atoms with van der Waals surface area (Å²) < 4.78 is 28.2. The van der Waals surface area contributed by atoms with Gasteiger partial charge >= 0.3 is 0 Å². The average Bonchev–Trinajstić information content (AvgIpc) is 3.27. The lowest BCUT2D eigenvalue weighted by atomic mass is 9.83. The van der Waals surface area contributed by atoms with Crippen molar-refractivity contribution in [3.63, 3.8) is 0 Å². The number of rotatable bonds is 8. The number of anilines is 1. The number of amides is 1. The average molecular weight is 473 g/mol. The molecule has 1 aromatic carbocycles. The van der Waals surface area contributed by atoms with Crippen LogP contribution in [0.15, 0.2) is 35.6 Å². The second-order valence-corrected chi connectivity index (χ2v) is 8.95. The molecule has 0 radical (unpaired) electrons. The molecule has 0 saturated heterocycles. The molecule has 6 N–H and O–H groups in total. The fourth-order valence-electron chi connectivity index (χ4n) is 3.61. The van der Waals surface area contributed by atoms with Gasteiger partial charge in [-0.15, -0.1) is 5.10 Å². The quantitative estimate of drug-likeness (QED) is 0.202. The Balaban J connectivity index is 1.84. The third-order valence-corrected chi connectivity index (χ3v) is 6.06. The number of aromatic nitrogens is 1. The predicted molar refractivity (Wildman–Crippen MR) is 116 cm³/mol. The summed E-state index contributed by atoms with van der Waals surface area (Å²) in [6.07, 6.45) is 1.03. The van der Waals surface area contributed by atoms with E-state index in [9.17, 15) is 13.6 Å². The maximum Gasteiger partial charge on any atom is 0.248 e. The molecule has 3 rings (SSSR count). The van der Waals surface area contributed by atoms with E-state index in [1.165, 1.54) is 6.20 Å². The second-order valence-electron chi connectivity index (χ2n) is 7.29. The number of benzene rings is 1. The van der Waals surface area contributed by atoms with Crippen molar-refractivity contribution >= 4 is 39.8 Å². The number of hydrogen-bond donors (Lipinski definition) is 4. The number of nitrogens with zero attached hydrogens (tertiary/aromatic N) is 3. The number of aliphatic hydroxyl groups is 1. The second kappa shape index (κ2) is 9.86. The fraction of sp³-hybridized carbons (Fsp3) is 0.421. The summed E-state index contributed by atoms with van der Waals surface area (Å²) in [6.45, 7) is -0.0724. The van der Waals surface area contributed by atoms with E-state index in [1.54, 1.807) is 24.3 Å². The van der Waals surface area contributed by atoms with Crippen LogP contribution in [0, 0.1) is 5.92 Å². The number of hydrazone groups is 1. The summed E-state index contributed by atoms with van der Waals surface area (Å²) in [5.74, 6) is 1.19. The Labute approximate surface area is 186 Å². The van der Waals surface area contributed by atoms with Gasteiger partial charge in [-0.05, 0) is 17.9 Å². The summed E-state index contributed by atoms with van der Waals surface area (Å²) in [6, 6.07) is 6.63. The van der Waals surface area contributed by atoms with Crippen LogP contribution >= 0.6 is 22.9 Å². The van der Waals surface area contributed by atoms with Crippen LogP contribution in [0.3, 0.4) is 0 Å². The van der Waals surface area contributed by atoms with Crippen molar-refractivity contribution < 1.29 is 18.7 Å². The summed E-state index contributed by atoms with van der Waals surface area (Å²) in [7, 11) is 0. The van der Waals surface area contributed by atoms with Crippen molar-refractivity contribution in [1.82, 2.24) is 10.1 Å². The molecular weight excluding hydrogens is 450 g/mol. The molecule has 1 aliphatic rings. The first-order valence-electron chi connectivity index (χ1n) is 9.56. The molecule has 1 aromatic heterocycles. The highest BCUT2D eigenvalue weighted by molar-refractivity contribution is 7.19. The summed E-state index contributed by atoms with van der Waals surface area (Å²) in [5.41, 5.74) is 7.05. The third kappa shape index (κ3) is 6.10. The van der Waals surface area contributed by atoms with E-state index in [4.69, 9.17) is 28.3 Å². The van der Waals surface area contributed by atoms with Gasteiger partial charge < -0.3 is 16.2 Å². The van der Waals surface area contributed by atoms with E-state index in [0.717, 1.165) is 16.5 Å². The van der Waals surface area contributed by atoms with Gasteiger partial charge in [-0.1, -0.05) is 47.2 Å². The largest absolute Gasteiger partial charge is 0.394 e. The number of hydrogen-bond acceptors (Lipinski definition) is 7. The van der Waals surface area contributed by atoms with Gasteiger partial charge in [0.1, 0.15) is 4.34 Å². The Morgan fingerprint density at radius 1 is 1.45 bits per heavy atom. The molecule has 2 aromatic rings. The zero-order chi connectivity index (χ0) is 22.6. The molecule has 8 nitrogen and oxygen atoms in total. The minimum Gasteiger partial charge on any atom is -0.394 e. The van der Waals surface area contributed by atoms with Crippen LogP contribution < -0.4 is 16.9 Å². The standard InChI is InChI=1S/C19H23ClF2N6O2S/c20-14-10-25-18(31-14)26-17(30)15(13-5-6-19(21,22)9-13)11-1-3-12(4-2-11)16(23)27-28(24)7-8-29/h1-4,10,13,15,29H,5-9,24H2,(H2,23,27)(H,25,26,30). The Bertz CT molecular complexity index is 940. The lowest BCUT2D eigenvalue weighted by Gasteiger charge is -2.23. The van der Waals surface area contributed by atoms with Crippen molar-refractivity contribution in [3.05, 3.63) is 45.9 Å². The first kappa shape index (κ1) is 23.3. The lowest BCUT2D eigenvalue weighted by Crippen LogP contribution is -2.32. The number of hydrazine groups is 1. The van der Waals surface area contributed by atoms with E-state index in [-0.39, 0.29) is 38.2 Å². The van der Waals surface area contributed by atoms with Crippen LogP contribution in [0.2, 0.25) is 4.34 Å². The number of thiazole rings is 1. The van der Waals surface area contributed by atoms with Crippen LogP contribution in [-0.2, 0) is 4.79 Å². The number of carbonyl (C=O) groups excluding carboxylic acids is 1. The van der Waals surface area contributed by atoms with Crippen molar-refractivity contribution in [2.24, 2.45) is 22.6 Å². The first-order chi connectivity index (χ1) is 14.7. The zero-order valence-electron chi connectivity index (χ0n) is 16.5. The lowest BCUT2D eigenvalue weighted by molar-refractivity contribution is -0.118. The molecule has 1 fully saturated rings. The fourth-order valence-corrected chi connectivity index (χ4v) is 4.43. The Hall–Kier alpha value is -2.34. The predicted octanol–water partition coefficient (Wildman–Crippen LogP) is 2.74.